The average Bonchev–Trinajstić information content (AvgIpc) is 3.28. The van der Waals surface area contributed by atoms with Crippen molar-refractivity contribution in [3.8, 4) is 0 Å². The average molecular weight is 324 g/mol. The number of hydrogen-bond donors (Lipinski definition) is 2. The summed E-state index contributed by atoms with van der Waals surface area (Å²) in [5.74, 6) is -1.63. The monoisotopic (exact) mass is 324 g/mol. The maximum absolute atomic E-state index is 13.9. The third kappa shape index (κ3) is 4.74. The molecule has 1 aromatic carbocycles. The minimum absolute atomic E-state index is 0.105. The predicted molar refractivity (Wildman–Crippen MR) is 82.4 cm³/mol. The first-order valence-electron chi connectivity index (χ1n) is 7.71. The summed E-state index contributed by atoms with van der Waals surface area (Å²) in [6.45, 7) is 5.05. The second-order valence-electron chi connectivity index (χ2n) is 6.98. The molecule has 0 heterocycles. The van der Waals surface area contributed by atoms with Gasteiger partial charge in [-0.05, 0) is 37.0 Å². The van der Waals surface area contributed by atoms with Gasteiger partial charge in [0.1, 0.15) is 11.6 Å². The number of nitrogens with one attached hydrogen (secondary N) is 2. The minimum atomic E-state index is -0.592. The van der Waals surface area contributed by atoms with Gasteiger partial charge in [0.05, 0.1) is 12.6 Å². The second kappa shape index (κ2) is 6.64. The highest BCUT2D eigenvalue weighted by Crippen LogP contribution is 2.41. The van der Waals surface area contributed by atoms with Gasteiger partial charge in [0.15, 0.2) is 0 Å². The Labute approximate surface area is 134 Å². The molecular weight excluding hydrogens is 302 g/mol. The Bertz CT molecular complexity index is 607. The van der Waals surface area contributed by atoms with Gasteiger partial charge >= 0.3 is 0 Å². The van der Waals surface area contributed by atoms with Gasteiger partial charge < -0.3 is 10.6 Å². The maximum atomic E-state index is 13.9. The van der Waals surface area contributed by atoms with Crippen molar-refractivity contribution in [2.75, 3.05) is 6.54 Å². The lowest BCUT2D eigenvalue weighted by atomic mass is 9.96. The second-order valence-corrected chi connectivity index (χ2v) is 6.98. The molecule has 0 unspecified atom stereocenters. The van der Waals surface area contributed by atoms with Crippen molar-refractivity contribution in [1.29, 1.82) is 0 Å². The molecule has 1 fully saturated rings. The number of rotatable bonds is 5. The van der Waals surface area contributed by atoms with E-state index in [1.807, 2.05) is 0 Å². The van der Waals surface area contributed by atoms with Crippen LogP contribution in [0, 0.1) is 23.0 Å². The third-order valence-electron chi connectivity index (χ3n) is 3.79. The van der Waals surface area contributed by atoms with Crippen LogP contribution in [0.2, 0.25) is 0 Å². The van der Waals surface area contributed by atoms with E-state index in [-0.39, 0.29) is 23.9 Å². The Morgan fingerprint density at radius 1 is 1.26 bits per heavy atom. The first-order valence-corrected chi connectivity index (χ1v) is 7.71. The van der Waals surface area contributed by atoms with Crippen molar-refractivity contribution in [2.45, 2.75) is 39.7 Å². The number of benzene rings is 1. The molecule has 23 heavy (non-hydrogen) atoms. The van der Waals surface area contributed by atoms with Gasteiger partial charge in [0.2, 0.25) is 11.8 Å². The lowest BCUT2D eigenvalue weighted by Gasteiger charge is -2.21. The molecule has 0 saturated heterocycles. The normalized spacial score (nSPS) is 15.9. The van der Waals surface area contributed by atoms with E-state index in [1.165, 1.54) is 0 Å². The van der Waals surface area contributed by atoms with Crippen LogP contribution in [0.25, 0.3) is 0 Å². The summed E-state index contributed by atoms with van der Waals surface area (Å²) in [7, 11) is 0. The summed E-state index contributed by atoms with van der Waals surface area (Å²) >= 11 is 0. The van der Waals surface area contributed by atoms with Crippen LogP contribution in [0.15, 0.2) is 18.2 Å². The molecule has 1 atom stereocenters. The molecule has 2 rings (SSSR count). The quantitative estimate of drug-likeness (QED) is 0.875. The first kappa shape index (κ1) is 17.4. The van der Waals surface area contributed by atoms with Crippen LogP contribution >= 0.6 is 0 Å². The van der Waals surface area contributed by atoms with Crippen LogP contribution in [-0.2, 0) is 9.59 Å². The molecule has 0 aliphatic heterocycles. The van der Waals surface area contributed by atoms with Gasteiger partial charge in [0, 0.05) is 11.0 Å². The molecule has 1 aromatic rings. The Balaban J connectivity index is 2.01. The van der Waals surface area contributed by atoms with E-state index in [0.717, 1.165) is 31.0 Å². The van der Waals surface area contributed by atoms with Crippen molar-refractivity contribution in [3.05, 3.63) is 35.4 Å². The molecule has 0 spiro atoms. The fourth-order valence-electron chi connectivity index (χ4n) is 2.28. The molecule has 1 aliphatic rings. The highest BCUT2D eigenvalue weighted by Gasteiger charge is 2.35. The fraction of sp³-hybridized carbons (Fsp3) is 0.529. The number of amides is 2. The topological polar surface area (TPSA) is 58.2 Å². The molecule has 2 amide bonds. The smallest absolute Gasteiger partial charge is 0.239 e. The van der Waals surface area contributed by atoms with Crippen LogP contribution in [0.1, 0.15) is 45.2 Å². The van der Waals surface area contributed by atoms with Crippen molar-refractivity contribution in [1.82, 2.24) is 10.6 Å². The lowest BCUT2D eigenvalue weighted by molar-refractivity contribution is -0.131. The van der Waals surface area contributed by atoms with Crippen molar-refractivity contribution >= 4 is 11.8 Å². The number of carbonyl (C=O) groups excluding carboxylic acids is 2. The molecule has 126 valence electrons. The van der Waals surface area contributed by atoms with Crippen LogP contribution in [0.3, 0.4) is 0 Å². The fourth-order valence-corrected chi connectivity index (χ4v) is 2.28. The van der Waals surface area contributed by atoms with Crippen LogP contribution in [0.4, 0.5) is 8.78 Å². The maximum Gasteiger partial charge on any atom is 0.239 e. The molecule has 0 radical (unpaired) electrons. The summed E-state index contributed by atoms with van der Waals surface area (Å²) in [6, 6.07) is 2.67. The first-order chi connectivity index (χ1) is 10.7. The molecular formula is C17H22F2N2O2. The minimum Gasteiger partial charge on any atom is -0.347 e. The van der Waals surface area contributed by atoms with E-state index >= 15 is 0 Å². The van der Waals surface area contributed by atoms with Crippen LogP contribution in [-0.4, -0.2) is 18.4 Å². The zero-order chi connectivity index (χ0) is 17.2. The highest BCUT2D eigenvalue weighted by molar-refractivity contribution is 5.87. The van der Waals surface area contributed by atoms with Crippen molar-refractivity contribution in [3.63, 3.8) is 0 Å². The molecule has 4 nitrogen and oxygen atoms in total. The van der Waals surface area contributed by atoms with E-state index in [9.17, 15) is 18.4 Å². The Hall–Kier alpha value is -1.98. The highest BCUT2D eigenvalue weighted by atomic mass is 19.1. The molecule has 0 bridgehead atoms. The number of carbonyl (C=O) groups is 2. The Morgan fingerprint density at radius 3 is 2.48 bits per heavy atom. The van der Waals surface area contributed by atoms with Gasteiger partial charge in [0.25, 0.3) is 0 Å². The van der Waals surface area contributed by atoms with Crippen LogP contribution in [0.5, 0.6) is 0 Å². The largest absolute Gasteiger partial charge is 0.347 e. The zero-order valence-electron chi connectivity index (χ0n) is 13.6. The standard InChI is InChI=1S/C17H22F2N2O2/c1-17(2,3)16(23)20-9-14(22)21-15(10-4-5-10)12-8-11(18)6-7-13(12)19/h6-8,10,15H,4-5,9H2,1-3H3,(H,20,23)(H,21,22)/t15-/m0/s1. The molecule has 2 N–H and O–H groups in total. The summed E-state index contributed by atoms with van der Waals surface area (Å²) in [5, 5.41) is 5.26. The van der Waals surface area contributed by atoms with Gasteiger partial charge in [-0.25, -0.2) is 8.78 Å². The number of halogens is 2. The van der Waals surface area contributed by atoms with Crippen molar-refractivity contribution < 1.29 is 18.4 Å². The van der Waals surface area contributed by atoms with E-state index < -0.39 is 29.0 Å². The SMILES string of the molecule is CC(C)(C)C(=O)NCC(=O)N[C@H](c1cc(F)ccc1F)C1CC1. The van der Waals surface area contributed by atoms with Crippen molar-refractivity contribution in [2.24, 2.45) is 11.3 Å². The Kier molecular flexibility index (Phi) is 5.02. The lowest BCUT2D eigenvalue weighted by Crippen LogP contribution is -2.43. The van der Waals surface area contributed by atoms with Crippen LogP contribution < -0.4 is 10.6 Å². The van der Waals surface area contributed by atoms with E-state index in [1.54, 1.807) is 20.8 Å². The van der Waals surface area contributed by atoms with Gasteiger partial charge in [-0.1, -0.05) is 20.8 Å². The van der Waals surface area contributed by atoms with E-state index in [4.69, 9.17) is 0 Å². The van der Waals surface area contributed by atoms with Gasteiger partial charge in [-0.3, -0.25) is 9.59 Å². The summed E-state index contributed by atoms with van der Waals surface area (Å²) < 4.78 is 27.3. The Morgan fingerprint density at radius 2 is 1.91 bits per heavy atom. The molecule has 1 aliphatic carbocycles. The summed E-state index contributed by atoms with van der Waals surface area (Å²) in [4.78, 5) is 23.8. The third-order valence-corrected chi connectivity index (χ3v) is 3.79. The van der Waals surface area contributed by atoms with Gasteiger partial charge in [-0.15, -0.1) is 0 Å². The molecule has 6 heteroatoms. The summed E-state index contributed by atoms with van der Waals surface area (Å²) in [6.07, 6.45) is 1.71. The predicted octanol–water partition coefficient (Wildman–Crippen LogP) is 2.69. The zero-order valence-corrected chi connectivity index (χ0v) is 13.6. The molecule has 1 saturated carbocycles. The number of hydrogen-bond acceptors (Lipinski definition) is 2. The van der Waals surface area contributed by atoms with E-state index in [2.05, 4.69) is 10.6 Å². The summed E-state index contributed by atoms with van der Waals surface area (Å²) in [5.41, 5.74) is -0.437. The molecule has 0 aromatic heterocycles. The van der Waals surface area contributed by atoms with E-state index in [0.29, 0.717) is 0 Å². The van der Waals surface area contributed by atoms with Gasteiger partial charge in [-0.2, -0.15) is 0 Å².